The molecule has 0 radical (unpaired) electrons. The predicted octanol–water partition coefficient (Wildman–Crippen LogP) is 2.33. The van der Waals surface area contributed by atoms with Crippen molar-refractivity contribution < 1.29 is 4.52 Å². The number of piperidine rings is 1. The van der Waals surface area contributed by atoms with E-state index in [9.17, 15) is 0 Å². The number of rotatable bonds is 3. The first-order valence-corrected chi connectivity index (χ1v) is 6.85. The molecule has 1 saturated heterocycles. The van der Waals surface area contributed by atoms with Crippen LogP contribution in [0.3, 0.4) is 0 Å². The summed E-state index contributed by atoms with van der Waals surface area (Å²) in [6, 6.07) is 3.55. The van der Waals surface area contributed by atoms with Gasteiger partial charge in [-0.3, -0.25) is 4.98 Å². The van der Waals surface area contributed by atoms with Crippen LogP contribution in [-0.2, 0) is 6.42 Å². The zero-order valence-electron chi connectivity index (χ0n) is 10.5. The van der Waals surface area contributed by atoms with Crippen LogP contribution in [-0.4, -0.2) is 28.2 Å². The Morgan fingerprint density at radius 1 is 1.47 bits per heavy atom. The fraction of sp³-hybridized carbons (Fsp3) is 0.462. The fourth-order valence-corrected chi connectivity index (χ4v) is 2.54. The molecule has 1 atom stereocenters. The highest BCUT2D eigenvalue weighted by Crippen LogP contribution is 2.23. The van der Waals surface area contributed by atoms with Crippen LogP contribution in [0.25, 0.3) is 11.5 Å². The van der Waals surface area contributed by atoms with E-state index >= 15 is 0 Å². The zero-order chi connectivity index (χ0) is 13.1. The van der Waals surface area contributed by atoms with Gasteiger partial charge in [0, 0.05) is 12.6 Å². The van der Waals surface area contributed by atoms with E-state index in [0.29, 0.717) is 28.3 Å². The molecule has 0 spiro atoms. The molecule has 0 aliphatic carbocycles. The summed E-state index contributed by atoms with van der Waals surface area (Å²) in [6.07, 6.45) is 4.89. The van der Waals surface area contributed by atoms with Crippen molar-refractivity contribution in [1.29, 1.82) is 0 Å². The van der Waals surface area contributed by atoms with Crippen LogP contribution >= 0.6 is 11.6 Å². The summed E-state index contributed by atoms with van der Waals surface area (Å²) in [4.78, 5) is 8.56. The van der Waals surface area contributed by atoms with E-state index in [-0.39, 0.29) is 0 Å². The molecule has 1 unspecified atom stereocenters. The molecule has 2 aromatic rings. The molecule has 3 rings (SSSR count). The second-order valence-corrected chi connectivity index (χ2v) is 5.17. The largest absolute Gasteiger partial charge is 0.339 e. The highest BCUT2D eigenvalue weighted by molar-refractivity contribution is 6.32. The maximum absolute atomic E-state index is 6.07. The highest BCUT2D eigenvalue weighted by atomic mass is 35.5. The van der Waals surface area contributed by atoms with Gasteiger partial charge in [0.1, 0.15) is 5.69 Å². The lowest BCUT2D eigenvalue weighted by atomic mass is 9.96. The van der Waals surface area contributed by atoms with Gasteiger partial charge in [0.25, 0.3) is 0 Å². The summed E-state index contributed by atoms with van der Waals surface area (Å²) in [5.74, 6) is 1.69. The molecule has 5 nitrogen and oxygen atoms in total. The van der Waals surface area contributed by atoms with E-state index in [1.54, 1.807) is 18.3 Å². The Labute approximate surface area is 116 Å². The third-order valence-corrected chi connectivity index (χ3v) is 3.61. The van der Waals surface area contributed by atoms with Gasteiger partial charge in [0.05, 0.1) is 5.02 Å². The van der Waals surface area contributed by atoms with Crippen LogP contribution in [0.15, 0.2) is 22.9 Å². The first-order chi connectivity index (χ1) is 9.33. The molecule has 0 amide bonds. The Kier molecular flexibility index (Phi) is 3.75. The normalized spacial score (nSPS) is 19.5. The number of nitrogens with one attached hydrogen (secondary N) is 1. The molecular formula is C13H15ClN4O. The van der Waals surface area contributed by atoms with Crippen molar-refractivity contribution in [2.24, 2.45) is 5.92 Å². The van der Waals surface area contributed by atoms with E-state index in [1.807, 2.05) is 0 Å². The minimum absolute atomic E-state index is 0.462. The van der Waals surface area contributed by atoms with Crippen LogP contribution in [0.5, 0.6) is 0 Å². The van der Waals surface area contributed by atoms with Gasteiger partial charge < -0.3 is 9.84 Å². The van der Waals surface area contributed by atoms with Crippen molar-refractivity contribution in [3.05, 3.63) is 29.2 Å². The number of aromatic nitrogens is 3. The molecular weight excluding hydrogens is 264 g/mol. The van der Waals surface area contributed by atoms with Crippen molar-refractivity contribution in [3.63, 3.8) is 0 Å². The summed E-state index contributed by atoms with van der Waals surface area (Å²) in [6.45, 7) is 2.12. The lowest BCUT2D eigenvalue weighted by Crippen LogP contribution is -2.30. The molecule has 1 N–H and O–H groups in total. The first kappa shape index (κ1) is 12.6. The maximum atomic E-state index is 6.07. The fourth-order valence-electron chi connectivity index (χ4n) is 2.33. The maximum Gasteiger partial charge on any atom is 0.227 e. The lowest BCUT2D eigenvalue weighted by Gasteiger charge is -2.20. The average molecular weight is 279 g/mol. The third-order valence-electron chi connectivity index (χ3n) is 3.30. The van der Waals surface area contributed by atoms with Gasteiger partial charge in [-0.1, -0.05) is 16.8 Å². The van der Waals surface area contributed by atoms with Crippen LogP contribution in [0, 0.1) is 5.92 Å². The topological polar surface area (TPSA) is 63.8 Å². The quantitative estimate of drug-likeness (QED) is 0.933. The monoisotopic (exact) mass is 278 g/mol. The van der Waals surface area contributed by atoms with E-state index in [2.05, 4.69) is 20.4 Å². The van der Waals surface area contributed by atoms with Crippen LogP contribution < -0.4 is 5.32 Å². The van der Waals surface area contributed by atoms with E-state index in [0.717, 1.165) is 19.5 Å². The molecule has 1 fully saturated rings. The molecule has 3 heterocycles. The van der Waals surface area contributed by atoms with Crippen LogP contribution in [0.4, 0.5) is 0 Å². The molecule has 0 aromatic carbocycles. The molecule has 1 aliphatic heterocycles. The van der Waals surface area contributed by atoms with Crippen molar-refractivity contribution in [1.82, 2.24) is 20.4 Å². The Balaban J connectivity index is 1.74. The Morgan fingerprint density at radius 2 is 2.42 bits per heavy atom. The van der Waals surface area contributed by atoms with E-state index < -0.39 is 0 Å². The molecule has 1 aliphatic rings. The summed E-state index contributed by atoms with van der Waals surface area (Å²) in [7, 11) is 0. The van der Waals surface area contributed by atoms with Gasteiger partial charge in [-0.05, 0) is 44.0 Å². The Hall–Kier alpha value is -1.46. The average Bonchev–Trinajstić information content (AvgIpc) is 2.89. The minimum Gasteiger partial charge on any atom is -0.339 e. The summed E-state index contributed by atoms with van der Waals surface area (Å²) >= 11 is 6.07. The second kappa shape index (κ2) is 5.67. The minimum atomic E-state index is 0.462. The predicted molar refractivity (Wildman–Crippen MR) is 71.8 cm³/mol. The molecule has 100 valence electrons. The zero-order valence-corrected chi connectivity index (χ0v) is 11.2. The number of halogens is 1. The van der Waals surface area contributed by atoms with Gasteiger partial charge in [-0.15, -0.1) is 0 Å². The van der Waals surface area contributed by atoms with Gasteiger partial charge in [0.15, 0.2) is 0 Å². The number of pyridine rings is 1. The van der Waals surface area contributed by atoms with E-state index in [1.165, 1.54) is 12.8 Å². The van der Waals surface area contributed by atoms with Crippen LogP contribution in [0.2, 0.25) is 5.02 Å². The van der Waals surface area contributed by atoms with Crippen molar-refractivity contribution in [2.75, 3.05) is 13.1 Å². The standard InChI is InChI=1S/C13H15ClN4O/c14-10-4-2-6-16-12(10)13-17-11(19-18-13)7-9-3-1-5-15-8-9/h2,4,6,9,15H,1,3,5,7-8H2. The molecule has 2 aromatic heterocycles. The number of hydrogen-bond donors (Lipinski definition) is 1. The van der Waals surface area contributed by atoms with Crippen LogP contribution in [0.1, 0.15) is 18.7 Å². The van der Waals surface area contributed by atoms with Crippen molar-refractivity contribution in [2.45, 2.75) is 19.3 Å². The molecule has 6 heteroatoms. The first-order valence-electron chi connectivity index (χ1n) is 6.47. The molecule has 0 saturated carbocycles. The number of nitrogens with zero attached hydrogens (tertiary/aromatic N) is 3. The van der Waals surface area contributed by atoms with Gasteiger partial charge in [0.2, 0.25) is 11.7 Å². The summed E-state index contributed by atoms with van der Waals surface area (Å²) in [5, 5.41) is 7.87. The number of hydrogen-bond acceptors (Lipinski definition) is 5. The lowest BCUT2D eigenvalue weighted by molar-refractivity contribution is 0.316. The Morgan fingerprint density at radius 3 is 3.21 bits per heavy atom. The highest BCUT2D eigenvalue weighted by Gasteiger charge is 2.18. The summed E-state index contributed by atoms with van der Waals surface area (Å²) in [5.41, 5.74) is 0.570. The molecule has 0 bridgehead atoms. The van der Waals surface area contributed by atoms with Gasteiger partial charge in [-0.2, -0.15) is 4.98 Å². The van der Waals surface area contributed by atoms with E-state index in [4.69, 9.17) is 16.1 Å². The summed E-state index contributed by atoms with van der Waals surface area (Å²) < 4.78 is 5.29. The van der Waals surface area contributed by atoms with Gasteiger partial charge >= 0.3 is 0 Å². The van der Waals surface area contributed by atoms with Crippen molar-refractivity contribution >= 4 is 11.6 Å². The second-order valence-electron chi connectivity index (χ2n) is 4.76. The van der Waals surface area contributed by atoms with Crippen molar-refractivity contribution in [3.8, 4) is 11.5 Å². The molecule has 19 heavy (non-hydrogen) atoms. The SMILES string of the molecule is Clc1cccnc1-c1noc(CC2CCCNC2)n1. The third kappa shape index (κ3) is 2.93. The van der Waals surface area contributed by atoms with Gasteiger partial charge in [-0.25, -0.2) is 0 Å². The Bertz CT molecular complexity index is 551. The smallest absolute Gasteiger partial charge is 0.227 e.